The van der Waals surface area contributed by atoms with Crippen LogP contribution in [0.4, 0.5) is 0 Å². The molecule has 0 atom stereocenters. The Labute approximate surface area is 118 Å². The van der Waals surface area contributed by atoms with E-state index in [-0.39, 0.29) is 15.6 Å². The third kappa shape index (κ3) is 2.98. The molecule has 0 bridgehead atoms. The predicted octanol–water partition coefficient (Wildman–Crippen LogP) is 0.562. The monoisotopic (exact) mass is 314 g/mol. The smallest absolute Gasteiger partial charge is 0.359 e. The number of nitrogens with zero attached hydrogens (tertiary/aromatic N) is 2. The van der Waals surface area contributed by atoms with E-state index in [4.69, 9.17) is 5.11 Å². The Hall–Kier alpha value is -1.91. The van der Waals surface area contributed by atoms with Crippen molar-refractivity contribution in [1.29, 1.82) is 0 Å². The summed E-state index contributed by atoms with van der Waals surface area (Å²) in [6, 6.07) is 5.98. The first-order valence-corrected chi connectivity index (χ1v) is 7.59. The molecule has 0 aliphatic carbocycles. The number of rotatable bonds is 5. The molecule has 0 saturated heterocycles. The normalized spacial score (nSPS) is 11.4. The fourth-order valence-electron chi connectivity index (χ4n) is 1.35. The van der Waals surface area contributed by atoms with Crippen LogP contribution in [-0.4, -0.2) is 42.0 Å². The number of carboxylic acids is 1. The summed E-state index contributed by atoms with van der Waals surface area (Å²) in [5.74, 6) is -1.18. The van der Waals surface area contributed by atoms with Gasteiger partial charge in [-0.3, -0.25) is 0 Å². The number of carboxylic acid groups (broad SMARTS) is 1. The molecule has 1 aromatic carbocycles. The van der Waals surface area contributed by atoms with Gasteiger partial charge in [0.2, 0.25) is 15.7 Å². The summed E-state index contributed by atoms with van der Waals surface area (Å²) < 4.78 is 25.3. The summed E-state index contributed by atoms with van der Waals surface area (Å²) in [6.45, 7) is 0. The SMILES string of the molecule is CNS(=O)(=O)c1ccc(Sc2n[nH]nc2C(=O)O)cc1. The van der Waals surface area contributed by atoms with Gasteiger partial charge in [0.1, 0.15) is 0 Å². The molecule has 0 spiro atoms. The highest BCUT2D eigenvalue weighted by atomic mass is 32.2. The van der Waals surface area contributed by atoms with Crippen molar-refractivity contribution >= 4 is 27.8 Å². The summed E-state index contributed by atoms with van der Waals surface area (Å²) in [6.07, 6.45) is 0. The molecule has 1 heterocycles. The van der Waals surface area contributed by atoms with Crippen LogP contribution in [0.1, 0.15) is 10.5 Å². The summed E-state index contributed by atoms with van der Waals surface area (Å²) in [7, 11) is -2.16. The molecular formula is C10H10N4O4S2. The van der Waals surface area contributed by atoms with Crippen LogP contribution in [0.2, 0.25) is 0 Å². The van der Waals surface area contributed by atoms with Crippen LogP contribution in [0.15, 0.2) is 39.1 Å². The average Bonchev–Trinajstić information content (AvgIpc) is 2.88. The number of hydrogen-bond acceptors (Lipinski definition) is 6. The molecule has 1 aromatic heterocycles. The largest absolute Gasteiger partial charge is 0.476 e. The molecule has 0 amide bonds. The van der Waals surface area contributed by atoms with Crippen molar-refractivity contribution in [3.05, 3.63) is 30.0 Å². The number of sulfonamides is 1. The van der Waals surface area contributed by atoms with Gasteiger partial charge in [-0.15, -0.1) is 10.2 Å². The molecule has 106 valence electrons. The van der Waals surface area contributed by atoms with Crippen molar-refractivity contribution in [3.8, 4) is 0 Å². The number of nitrogens with one attached hydrogen (secondary N) is 2. The Balaban J connectivity index is 2.24. The van der Waals surface area contributed by atoms with Crippen molar-refractivity contribution in [3.63, 3.8) is 0 Å². The second-order valence-electron chi connectivity index (χ2n) is 3.56. The first kappa shape index (κ1) is 14.5. The summed E-state index contributed by atoms with van der Waals surface area (Å²) in [4.78, 5) is 11.7. The molecule has 3 N–H and O–H groups in total. The van der Waals surface area contributed by atoms with E-state index in [2.05, 4.69) is 20.1 Å². The minimum Gasteiger partial charge on any atom is -0.476 e. The highest BCUT2D eigenvalue weighted by Gasteiger charge is 2.17. The summed E-state index contributed by atoms with van der Waals surface area (Å²) in [5.41, 5.74) is -0.179. The van der Waals surface area contributed by atoms with Gasteiger partial charge in [0.25, 0.3) is 0 Å². The molecule has 0 aliphatic heterocycles. The highest BCUT2D eigenvalue weighted by molar-refractivity contribution is 7.99. The topological polar surface area (TPSA) is 125 Å². The maximum atomic E-state index is 11.5. The van der Waals surface area contributed by atoms with Gasteiger partial charge in [-0.05, 0) is 31.3 Å². The van der Waals surface area contributed by atoms with E-state index in [9.17, 15) is 13.2 Å². The van der Waals surface area contributed by atoms with Crippen molar-refractivity contribution in [2.45, 2.75) is 14.8 Å². The van der Waals surface area contributed by atoms with Gasteiger partial charge >= 0.3 is 5.97 Å². The molecular weight excluding hydrogens is 304 g/mol. The van der Waals surface area contributed by atoms with Crippen LogP contribution in [0.3, 0.4) is 0 Å². The minimum absolute atomic E-state index is 0.128. The van der Waals surface area contributed by atoms with Crippen LogP contribution in [0.5, 0.6) is 0 Å². The highest BCUT2D eigenvalue weighted by Crippen LogP contribution is 2.28. The van der Waals surface area contributed by atoms with Gasteiger partial charge in [-0.2, -0.15) is 5.21 Å². The van der Waals surface area contributed by atoms with E-state index >= 15 is 0 Å². The predicted molar refractivity (Wildman–Crippen MR) is 70.2 cm³/mol. The fourth-order valence-corrected chi connectivity index (χ4v) is 2.89. The van der Waals surface area contributed by atoms with Crippen LogP contribution in [0, 0.1) is 0 Å². The number of aromatic carboxylic acids is 1. The number of benzene rings is 1. The van der Waals surface area contributed by atoms with Gasteiger partial charge in [-0.25, -0.2) is 17.9 Å². The minimum atomic E-state index is -3.49. The van der Waals surface area contributed by atoms with E-state index in [1.165, 1.54) is 19.2 Å². The van der Waals surface area contributed by atoms with Gasteiger partial charge in [0.05, 0.1) is 4.90 Å². The zero-order valence-electron chi connectivity index (χ0n) is 10.2. The Bertz CT molecular complexity index is 724. The zero-order valence-corrected chi connectivity index (χ0v) is 11.8. The molecule has 10 heteroatoms. The lowest BCUT2D eigenvalue weighted by Crippen LogP contribution is -2.18. The molecule has 0 aliphatic rings. The number of aromatic amines is 1. The Morgan fingerprint density at radius 1 is 1.30 bits per heavy atom. The Morgan fingerprint density at radius 2 is 1.95 bits per heavy atom. The molecule has 0 fully saturated rings. The number of hydrogen-bond donors (Lipinski definition) is 3. The van der Waals surface area contributed by atoms with Crippen LogP contribution >= 0.6 is 11.8 Å². The Kier molecular flexibility index (Phi) is 4.06. The zero-order chi connectivity index (χ0) is 14.8. The fraction of sp³-hybridized carbons (Fsp3) is 0.100. The van der Waals surface area contributed by atoms with Crippen LogP contribution < -0.4 is 4.72 Å². The molecule has 2 rings (SSSR count). The van der Waals surface area contributed by atoms with Crippen molar-refractivity contribution in [1.82, 2.24) is 20.1 Å². The lowest BCUT2D eigenvalue weighted by atomic mass is 10.4. The lowest BCUT2D eigenvalue weighted by Gasteiger charge is -2.03. The maximum Gasteiger partial charge on any atom is 0.359 e. The number of H-pyrrole nitrogens is 1. The van der Waals surface area contributed by atoms with E-state index < -0.39 is 16.0 Å². The first-order chi connectivity index (χ1) is 9.44. The number of aromatic nitrogens is 3. The molecule has 0 saturated carbocycles. The molecule has 8 nitrogen and oxygen atoms in total. The first-order valence-electron chi connectivity index (χ1n) is 5.29. The van der Waals surface area contributed by atoms with E-state index in [0.29, 0.717) is 4.90 Å². The average molecular weight is 314 g/mol. The third-order valence-electron chi connectivity index (χ3n) is 2.34. The second-order valence-corrected chi connectivity index (χ2v) is 6.51. The molecule has 2 aromatic rings. The van der Waals surface area contributed by atoms with Gasteiger partial charge in [0, 0.05) is 4.90 Å². The van der Waals surface area contributed by atoms with Crippen molar-refractivity contribution < 1.29 is 18.3 Å². The van der Waals surface area contributed by atoms with E-state index in [0.717, 1.165) is 11.8 Å². The summed E-state index contributed by atoms with van der Waals surface area (Å²) >= 11 is 1.08. The van der Waals surface area contributed by atoms with Crippen molar-refractivity contribution in [2.75, 3.05) is 7.05 Å². The summed E-state index contributed by atoms with van der Waals surface area (Å²) in [5, 5.41) is 18.6. The van der Waals surface area contributed by atoms with Crippen molar-refractivity contribution in [2.24, 2.45) is 0 Å². The third-order valence-corrected chi connectivity index (χ3v) is 4.75. The molecule has 0 radical (unpaired) electrons. The quantitative estimate of drug-likeness (QED) is 0.736. The van der Waals surface area contributed by atoms with Crippen LogP contribution in [0.25, 0.3) is 0 Å². The maximum absolute atomic E-state index is 11.5. The molecule has 0 unspecified atom stereocenters. The van der Waals surface area contributed by atoms with Gasteiger partial charge in [-0.1, -0.05) is 11.8 Å². The van der Waals surface area contributed by atoms with Gasteiger partial charge < -0.3 is 5.11 Å². The van der Waals surface area contributed by atoms with Crippen LogP contribution in [-0.2, 0) is 10.0 Å². The Morgan fingerprint density at radius 3 is 2.50 bits per heavy atom. The number of carbonyl (C=O) groups is 1. The second kappa shape index (κ2) is 5.61. The lowest BCUT2D eigenvalue weighted by molar-refractivity contribution is 0.0686. The molecule has 20 heavy (non-hydrogen) atoms. The van der Waals surface area contributed by atoms with E-state index in [1.807, 2.05) is 0 Å². The van der Waals surface area contributed by atoms with E-state index in [1.54, 1.807) is 12.1 Å². The standard InChI is InChI=1S/C10H10N4O4S2/c1-11-20(17,18)7-4-2-6(3-5-7)19-9-8(10(15)16)12-14-13-9/h2-5,11H,1H3,(H,15,16)(H,12,13,14). The van der Waals surface area contributed by atoms with Gasteiger partial charge in [0.15, 0.2) is 5.03 Å².